The van der Waals surface area contributed by atoms with E-state index in [4.69, 9.17) is 0 Å². The van der Waals surface area contributed by atoms with Gasteiger partial charge < -0.3 is 0 Å². The van der Waals surface area contributed by atoms with E-state index < -0.39 is 0 Å². The van der Waals surface area contributed by atoms with Crippen molar-refractivity contribution in [3.8, 4) is 0 Å². The molecule has 0 spiro atoms. The monoisotopic (exact) mass is 396 g/mol. The third kappa shape index (κ3) is 7.76. The second-order valence-corrected chi connectivity index (χ2v) is 10.5. The minimum Gasteiger partial charge on any atom is -0.0654 e. The lowest BCUT2D eigenvalue weighted by molar-refractivity contribution is 0.140. The summed E-state index contributed by atoms with van der Waals surface area (Å²) < 4.78 is 0. The van der Waals surface area contributed by atoms with Crippen LogP contribution in [0.25, 0.3) is 0 Å². The normalized spacial score (nSPS) is 27.8. The molecule has 2 fully saturated rings. The van der Waals surface area contributed by atoms with Crippen LogP contribution >= 0.6 is 0 Å². The van der Waals surface area contributed by atoms with Crippen molar-refractivity contribution < 1.29 is 0 Å². The Hall–Kier alpha value is -0.780. The van der Waals surface area contributed by atoms with Gasteiger partial charge in [0.1, 0.15) is 0 Å². The van der Waals surface area contributed by atoms with Crippen molar-refractivity contribution in [1.29, 1.82) is 0 Å². The molecule has 0 aromatic heterocycles. The second kappa shape index (κ2) is 12.8. The molecule has 0 aliphatic heterocycles. The number of rotatable bonds is 11. The summed E-state index contributed by atoms with van der Waals surface area (Å²) in [6, 6.07) is 9.39. The van der Waals surface area contributed by atoms with Gasteiger partial charge in [-0.15, -0.1) is 0 Å². The molecule has 2 aliphatic rings. The van der Waals surface area contributed by atoms with Gasteiger partial charge in [0.25, 0.3) is 0 Å². The largest absolute Gasteiger partial charge is 0.0654 e. The van der Waals surface area contributed by atoms with E-state index in [1.807, 2.05) is 0 Å². The minimum atomic E-state index is 0.997. The summed E-state index contributed by atoms with van der Waals surface area (Å²) in [5, 5.41) is 0. The van der Waals surface area contributed by atoms with Gasteiger partial charge in [-0.05, 0) is 79.7 Å². The fraction of sp³-hybridized carbons (Fsp3) is 0.793. The molecule has 0 saturated heterocycles. The maximum atomic E-state index is 2.37. The molecule has 1 aromatic carbocycles. The predicted octanol–water partition coefficient (Wildman–Crippen LogP) is 9.15. The topological polar surface area (TPSA) is 0 Å². The molecule has 0 nitrogen and oxygen atoms in total. The number of hydrogen-bond donors (Lipinski definition) is 0. The van der Waals surface area contributed by atoms with Crippen LogP contribution in [0.3, 0.4) is 0 Å². The number of benzene rings is 1. The Kier molecular flexibility index (Phi) is 10.1. The van der Waals surface area contributed by atoms with E-state index in [0.717, 1.165) is 30.1 Å². The van der Waals surface area contributed by atoms with Gasteiger partial charge in [-0.2, -0.15) is 0 Å². The zero-order valence-electron chi connectivity index (χ0n) is 19.6. The Labute approximate surface area is 182 Å². The lowest BCUT2D eigenvalue weighted by Gasteiger charge is -2.38. The zero-order valence-corrected chi connectivity index (χ0v) is 19.6. The van der Waals surface area contributed by atoms with Crippen molar-refractivity contribution in [2.75, 3.05) is 0 Å². The smallest absolute Gasteiger partial charge is 0.0276 e. The molecule has 0 heterocycles. The molecular weight excluding hydrogens is 348 g/mol. The Morgan fingerprint density at radius 1 is 0.586 bits per heavy atom. The third-order valence-corrected chi connectivity index (χ3v) is 8.44. The van der Waals surface area contributed by atoms with E-state index in [9.17, 15) is 0 Å². The van der Waals surface area contributed by atoms with Gasteiger partial charge in [0.2, 0.25) is 0 Å². The van der Waals surface area contributed by atoms with Crippen LogP contribution in [0.2, 0.25) is 0 Å². The second-order valence-electron chi connectivity index (χ2n) is 10.5. The van der Waals surface area contributed by atoms with Gasteiger partial charge in [-0.3, -0.25) is 0 Å². The van der Waals surface area contributed by atoms with Crippen LogP contribution in [-0.4, -0.2) is 0 Å². The zero-order chi connectivity index (χ0) is 20.3. The summed E-state index contributed by atoms with van der Waals surface area (Å²) in [7, 11) is 0. The van der Waals surface area contributed by atoms with Crippen LogP contribution in [0.4, 0.5) is 0 Å². The highest BCUT2D eigenvalue weighted by atomic mass is 14.4. The first kappa shape index (κ1) is 22.9. The van der Waals surface area contributed by atoms with E-state index in [-0.39, 0.29) is 0 Å². The molecule has 0 radical (unpaired) electrons. The minimum absolute atomic E-state index is 0.997. The Morgan fingerprint density at radius 3 is 1.66 bits per heavy atom. The standard InChI is InChI=1S/C29H48/c1-3-5-6-7-8-9-25-16-20-28(21-17-25)29-22-18-27(19-23-29)15-14-26-12-10-24(4-2)11-13-26/h10-13,25,27-29H,3-9,14-23H2,1-2H3/t25-,27-,28-,29-. The average molecular weight is 397 g/mol. The molecule has 0 N–H and O–H groups in total. The lowest BCUT2D eigenvalue weighted by Crippen LogP contribution is -2.26. The van der Waals surface area contributed by atoms with Crippen molar-refractivity contribution >= 4 is 0 Å². The molecule has 0 heteroatoms. The molecule has 2 aliphatic carbocycles. The summed E-state index contributed by atoms with van der Waals surface area (Å²) in [5.74, 6) is 4.22. The summed E-state index contributed by atoms with van der Waals surface area (Å²) in [6.07, 6.45) is 25.0. The average Bonchev–Trinajstić information content (AvgIpc) is 2.79. The molecule has 3 rings (SSSR count). The van der Waals surface area contributed by atoms with Gasteiger partial charge in [0.05, 0.1) is 0 Å². The van der Waals surface area contributed by atoms with Gasteiger partial charge in [0.15, 0.2) is 0 Å². The predicted molar refractivity (Wildman–Crippen MR) is 128 cm³/mol. The number of hydrogen-bond acceptors (Lipinski definition) is 0. The molecular formula is C29H48. The molecule has 0 bridgehead atoms. The molecule has 29 heavy (non-hydrogen) atoms. The van der Waals surface area contributed by atoms with Crippen molar-refractivity contribution in [3.05, 3.63) is 35.4 Å². The first-order valence-corrected chi connectivity index (χ1v) is 13.4. The fourth-order valence-electron chi connectivity index (χ4n) is 6.25. The summed E-state index contributed by atoms with van der Waals surface area (Å²) in [6.45, 7) is 4.56. The van der Waals surface area contributed by atoms with Crippen molar-refractivity contribution in [2.24, 2.45) is 23.7 Å². The molecule has 164 valence electrons. The van der Waals surface area contributed by atoms with Gasteiger partial charge in [0, 0.05) is 0 Å². The SMILES string of the molecule is CCCCCCC[C@H]1CC[C@H]([C@H]2CC[C@H](CCc3ccc(CC)cc3)CC2)CC1. The maximum absolute atomic E-state index is 2.37. The van der Waals surface area contributed by atoms with E-state index in [1.165, 1.54) is 82.6 Å². The van der Waals surface area contributed by atoms with E-state index in [1.54, 1.807) is 31.2 Å². The number of unbranched alkanes of at least 4 members (excludes halogenated alkanes) is 4. The van der Waals surface area contributed by atoms with Gasteiger partial charge in [-0.1, -0.05) is 102 Å². The Balaban J connectivity index is 1.28. The first-order chi connectivity index (χ1) is 14.3. The Bertz CT molecular complexity index is 526. The summed E-state index contributed by atoms with van der Waals surface area (Å²) in [4.78, 5) is 0. The quantitative estimate of drug-likeness (QED) is 0.327. The van der Waals surface area contributed by atoms with Crippen molar-refractivity contribution in [2.45, 2.75) is 123 Å². The lowest BCUT2D eigenvalue weighted by atomic mass is 9.68. The fourth-order valence-corrected chi connectivity index (χ4v) is 6.25. The Morgan fingerprint density at radius 2 is 1.10 bits per heavy atom. The number of aryl methyl sites for hydroxylation is 2. The van der Waals surface area contributed by atoms with Gasteiger partial charge >= 0.3 is 0 Å². The van der Waals surface area contributed by atoms with Crippen LogP contribution in [0.5, 0.6) is 0 Å². The molecule has 1 aromatic rings. The summed E-state index contributed by atoms with van der Waals surface area (Å²) in [5.41, 5.74) is 3.03. The van der Waals surface area contributed by atoms with Crippen LogP contribution in [-0.2, 0) is 12.8 Å². The molecule has 0 amide bonds. The van der Waals surface area contributed by atoms with E-state index in [0.29, 0.717) is 0 Å². The van der Waals surface area contributed by atoms with Crippen molar-refractivity contribution in [1.82, 2.24) is 0 Å². The van der Waals surface area contributed by atoms with E-state index in [2.05, 4.69) is 38.1 Å². The maximum Gasteiger partial charge on any atom is -0.0276 e. The highest BCUT2D eigenvalue weighted by Crippen LogP contribution is 2.43. The van der Waals surface area contributed by atoms with E-state index >= 15 is 0 Å². The van der Waals surface area contributed by atoms with Gasteiger partial charge in [-0.25, -0.2) is 0 Å². The highest BCUT2D eigenvalue weighted by molar-refractivity contribution is 5.22. The van der Waals surface area contributed by atoms with Crippen LogP contribution in [0.1, 0.15) is 121 Å². The van der Waals surface area contributed by atoms with Crippen LogP contribution in [0, 0.1) is 23.7 Å². The summed E-state index contributed by atoms with van der Waals surface area (Å²) >= 11 is 0. The first-order valence-electron chi connectivity index (χ1n) is 13.4. The molecule has 2 saturated carbocycles. The van der Waals surface area contributed by atoms with Crippen LogP contribution < -0.4 is 0 Å². The molecule has 0 unspecified atom stereocenters. The van der Waals surface area contributed by atoms with Crippen molar-refractivity contribution in [3.63, 3.8) is 0 Å². The third-order valence-electron chi connectivity index (χ3n) is 8.44. The molecule has 0 atom stereocenters. The van der Waals surface area contributed by atoms with Crippen LogP contribution in [0.15, 0.2) is 24.3 Å². The highest BCUT2D eigenvalue weighted by Gasteiger charge is 2.30.